The van der Waals surface area contributed by atoms with Gasteiger partial charge in [-0.15, -0.1) is 0 Å². The maximum atomic E-state index is 12.0. The third-order valence-electron chi connectivity index (χ3n) is 10.1. The molecule has 48 heavy (non-hydrogen) atoms. The van der Waals surface area contributed by atoms with E-state index in [-0.39, 0.29) is 5.91 Å². The van der Waals surface area contributed by atoms with E-state index >= 15 is 0 Å². The van der Waals surface area contributed by atoms with Gasteiger partial charge in [-0.25, -0.2) is 0 Å². The number of carboxylic acid groups (broad SMARTS) is 1. The number of hydrogen-bond donors (Lipinski definition) is 2. The van der Waals surface area contributed by atoms with Crippen molar-refractivity contribution in [2.75, 3.05) is 5.32 Å². The molecule has 0 aromatic heterocycles. The maximum absolute atomic E-state index is 12.0. The fourth-order valence-corrected chi connectivity index (χ4v) is 6.96. The van der Waals surface area contributed by atoms with E-state index in [9.17, 15) is 9.59 Å². The van der Waals surface area contributed by atoms with Crippen LogP contribution in [0, 0.1) is 0 Å². The van der Waals surface area contributed by atoms with Gasteiger partial charge in [0.2, 0.25) is 5.91 Å². The Morgan fingerprint density at radius 2 is 0.583 bits per heavy atom. The molecular weight excluding hydrogens is 590 g/mol. The molecule has 0 saturated heterocycles. The van der Waals surface area contributed by atoms with Gasteiger partial charge in [0.25, 0.3) is 0 Å². The molecule has 0 fully saturated rings. The Morgan fingerprint density at radius 3 is 0.833 bits per heavy atom. The summed E-state index contributed by atoms with van der Waals surface area (Å²) >= 11 is 0. The lowest BCUT2D eigenvalue weighted by Gasteiger charge is -2.05. The van der Waals surface area contributed by atoms with Crippen LogP contribution in [0.5, 0.6) is 0 Å². The van der Waals surface area contributed by atoms with Crippen LogP contribution >= 0.6 is 0 Å². The molecule has 4 heteroatoms. The summed E-state index contributed by atoms with van der Waals surface area (Å²) in [5.41, 5.74) is 0.901. The van der Waals surface area contributed by atoms with E-state index in [1.165, 1.54) is 199 Å². The second kappa shape index (κ2) is 36.4. The number of amides is 1. The molecule has 1 aromatic carbocycles. The number of anilines is 1. The highest BCUT2D eigenvalue weighted by atomic mass is 16.4. The van der Waals surface area contributed by atoms with Crippen molar-refractivity contribution in [3.63, 3.8) is 0 Å². The zero-order valence-electron chi connectivity index (χ0n) is 31.6. The van der Waals surface area contributed by atoms with Crippen LogP contribution in [-0.4, -0.2) is 17.0 Å². The van der Waals surface area contributed by atoms with Gasteiger partial charge in [0.15, 0.2) is 0 Å². The number of rotatable bonds is 38. The first-order valence-corrected chi connectivity index (χ1v) is 21.2. The normalized spacial score (nSPS) is 11.2. The van der Waals surface area contributed by atoms with Gasteiger partial charge >= 0.3 is 5.97 Å². The Labute approximate surface area is 298 Å². The van der Waals surface area contributed by atoms with E-state index in [0.29, 0.717) is 12.8 Å². The van der Waals surface area contributed by atoms with E-state index in [2.05, 4.69) is 5.32 Å². The summed E-state index contributed by atoms with van der Waals surface area (Å²) in [4.78, 5) is 22.5. The standard InChI is InChI=1S/C44H79NO3/c46-43(45-42-38-34-33-35-39-42)40-36-31-29-27-25-23-21-19-17-15-13-11-9-7-5-3-1-2-4-6-8-10-12-14-16-18-20-22-24-26-28-30-32-37-41-44(47)48/h33-35,38-39H,1-32,36-37,40-41H2,(H,45,46)(H,47,48). The van der Waals surface area contributed by atoms with Crippen LogP contribution in [0.1, 0.15) is 231 Å². The van der Waals surface area contributed by atoms with Gasteiger partial charge in [-0.2, -0.15) is 0 Å². The molecule has 0 aliphatic carbocycles. The third-order valence-corrected chi connectivity index (χ3v) is 10.1. The van der Waals surface area contributed by atoms with Crippen molar-refractivity contribution in [3.8, 4) is 0 Å². The van der Waals surface area contributed by atoms with Gasteiger partial charge in [0, 0.05) is 18.5 Å². The third kappa shape index (κ3) is 34.0. The number of carbonyl (C=O) groups is 2. The highest BCUT2D eigenvalue weighted by molar-refractivity contribution is 5.90. The van der Waals surface area contributed by atoms with Crippen molar-refractivity contribution >= 4 is 17.6 Å². The second-order valence-electron chi connectivity index (χ2n) is 14.8. The van der Waals surface area contributed by atoms with Crippen molar-refractivity contribution in [2.45, 2.75) is 231 Å². The SMILES string of the molecule is O=C(O)CCCCCCCCCCCCCCCCCCCCCCCCCCCCCCCCCCCCC(=O)Nc1ccccc1. The van der Waals surface area contributed by atoms with Crippen molar-refractivity contribution < 1.29 is 14.7 Å². The fourth-order valence-electron chi connectivity index (χ4n) is 6.96. The quantitative estimate of drug-likeness (QED) is 0.0689. The van der Waals surface area contributed by atoms with E-state index in [1.807, 2.05) is 30.3 Å². The highest BCUT2D eigenvalue weighted by Gasteiger charge is 2.02. The summed E-state index contributed by atoms with van der Waals surface area (Å²) in [6.07, 6.45) is 47.2. The summed E-state index contributed by atoms with van der Waals surface area (Å²) in [5.74, 6) is -0.508. The van der Waals surface area contributed by atoms with Crippen LogP contribution in [-0.2, 0) is 9.59 Å². The van der Waals surface area contributed by atoms with Crippen LogP contribution in [0.4, 0.5) is 5.69 Å². The predicted octanol–water partition coefficient (Wildman–Crippen LogP) is 14.8. The molecular formula is C44H79NO3. The zero-order valence-corrected chi connectivity index (χ0v) is 31.6. The number of unbranched alkanes of at least 4 members (excludes halogenated alkanes) is 33. The number of carboxylic acids is 1. The van der Waals surface area contributed by atoms with Crippen molar-refractivity contribution in [1.82, 2.24) is 0 Å². The molecule has 1 rings (SSSR count). The Hall–Kier alpha value is -1.84. The molecule has 0 heterocycles. The summed E-state index contributed by atoms with van der Waals surface area (Å²) in [5, 5.41) is 11.6. The zero-order chi connectivity index (χ0) is 34.4. The van der Waals surface area contributed by atoms with Crippen molar-refractivity contribution in [2.24, 2.45) is 0 Å². The van der Waals surface area contributed by atoms with Crippen LogP contribution < -0.4 is 5.32 Å². The average molecular weight is 670 g/mol. The number of benzene rings is 1. The Bertz CT molecular complexity index is 811. The van der Waals surface area contributed by atoms with Crippen LogP contribution in [0.15, 0.2) is 30.3 Å². The molecule has 2 N–H and O–H groups in total. The second-order valence-corrected chi connectivity index (χ2v) is 14.8. The lowest BCUT2D eigenvalue weighted by Crippen LogP contribution is -2.10. The lowest BCUT2D eigenvalue weighted by atomic mass is 10.0. The molecule has 0 unspecified atom stereocenters. The lowest BCUT2D eigenvalue weighted by molar-refractivity contribution is -0.137. The van der Waals surface area contributed by atoms with Crippen LogP contribution in [0.2, 0.25) is 0 Å². The minimum Gasteiger partial charge on any atom is -0.481 e. The fraction of sp³-hybridized carbons (Fsp3) is 0.818. The Balaban J connectivity index is 1.63. The van der Waals surface area contributed by atoms with Crippen molar-refractivity contribution in [3.05, 3.63) is 30.3 Å². The molecule has 0 aliphatic heterocycles. The van der Waals surface area contributed by atoms with Crippen molar-refractivity contribution in [1.29, 1.82) is 0 Å². The summed E-state index contributed by atoms with van der Waals surface area (Å²) in [6, 6.07) is 9.76. The molecule has 0 atom stereocenters. The van der Waals surface area contributed by atoms with E-state index in [4.69, 9.17) is 5.11 Å². The van der Waals surface area contributed by atoms with E-state index in [1.54, 1.807) is 0 Å². The smallest absolute Gasteiger partial charge is 0.303 e. The molecule has 0 bridgehead atoms. The average Bonchev–Trinajstić information content (AvgIpc) is 3.08. The molecule has 278 valence electrons. The summed E-state index contributed by atoms with van der Waals surface area (Å²) in [6.45, 7) is 0. The molecule has 1 amide bonds. The first-order valence-electron chi connectivity index (χ1n) is 21.2. The number of para-hydroxylation sites is 1. The molecule has 1 aromatic rings. The predicted molar refractivity (Wildman–Crippen MR) is 209 cm³/mol. The van der Waals surface area contributed by atoms with Gasteiger partial charge in [-0.05, 0) is 25.0 Å². The molecule has 0 radical (unpaired) electrons. The van der Waals surface area contributed by atoms with Crippen LogP contribution in [0.25, 0.3) is 0 Å². The highest BCUT2D eigenvalue weighted by Crippen LogP contribution is 2.17. The number of carbonyl (C=O) groups excluding carboxylic acids is 1. The van der Waals surface area contributed by atoms with E-state index in [0.717, 1.165) is 24.9 Å². The van der Waals surface area contributed by atoms with Gasteiger partial charge in [0.05, 0.1) is 0 Å². The van der Waals surface area contributed by atoms with E-state index < -0.39 is 5.97 Å². The molecule has 0 spiro atoms. The minimum absolute atomic E-state index is 0.144. The Morgan fingerprint density at radius 1 is 0.354 bits per heavy atom. The van der Waals surface area contributed by atoms with Gasteiger partial charge in [-0.3, -0.25) is 9.59 Å². The number of aliphatic carboxylic acids is 1. The monoisotopic (exact) mass is 670 g/mol. The van der Waals surface area contributed by atoms with Gasteiger partial charge in [0.1, 0.15) is 0 Å². The topological polar surface area (TPSA) is 66.4 Å². The van der Waals surface area contributed by atoms with Gasteiger partial charge < -0.3 is 10.4 Å². The number of nitrogens with one attached hydrogen (secondary N) is 1. The Kier molecular flexibility index (Phi) is 33.5. The first kappa shape index (κ1) is 44.2. The first-order chi connectivity index (χ1) is 23.7. The summed E-state index contributed by atoms with van der Waals surface area (Å²) < 4.78 is 0. The molecule has 0 aliphatic rings. The minimum atomic E-state index is -0.652. The van der Waals surface area contributed by atoms with Crippen LogP contribution in [0.3, 0.4) is 0 Å². The molecule has 0 saturated carbocycles. The van der Waals surface area contributed by atoms with Gasteiger partial charge in [-0.1, -0.05) is 224 Å². The largest absolute Gasteiger partial charge is 0.481 e. The summed E-state index contributed by atoms with van der Waals surface area (Å²) in [7, 11) is 0. The number of hydrogen-bond acceptors (Lipinski definition) is 2. The maximum Gasteiger partial charge on any atom is 0.303 e. The molecule has 4 nitrogen and oxygen atoms in total.